The maximum absolute atomic E-state index is 13.1. The van der Waals surface area contributed by atoms with Gasteiger partial charge >= 0.3 is 12.1 Å². The van der Waals surface area contributed by atoms with Crippen LogP contribution in [0.15, 0.2) is 48.5 Å². The van der Waals surface area contributed by atoms with E-state index in [-0.39, 0.29) is 30.0 Å². The molecule has 0 aromatic heterocycles. The summed E-state index contributed by atoms with van der Waals surface area (Å²) >= 11 is 0. The first kappa shape index (κ1) is 22.1. The minimum Gasteiger partial charge on any atom is -0.331 e. The molecule has 0 saturated carbocycles. The Morgan fingerprint density at radius 2 is 1.59 bits per heavy atom. The highest BCUT2D eigenvalue weighted by Gasteiger charge is 2.35. The maximum Gasteiger partial charge on any atom is 0.320 e. The van der Waals surface area contributed by atoms with Gasteiger partial charge in [-0.15, -0.1) is 0 Å². The molecule has 2 aromatic carbocycles. The maximum atomic E-state index is 13.1. The molecule has 7 heteroatoms. The fourth-order valence-corrected chi connectivity index (χ4v) is 4.58. The minimum absolute atomic E-state index is 0.0681. The second-order valence-electron chi connectivity index (χ2n) is 8.57. The van der Waals surface area contributed by atoms with E-state index in [9.17, 15) is 14.0 Å². The molecule has 1 unspecified atom stereocenters. The molecule has 6 nitrogen and oxygen atoms in total. The molecule has 2 saturated heterocycles. The van der Waals surface area contributed by atoms with Gasteiger partial charge < -0.3 is 20.0 Å². The summed E-state index contributed by atoms with van der Waals surface area (Å²) in [6.45, 7) is 7.62. The monoisotopic (exact) mass is 438 g/mol. The summed E-state index contributed by atoms with van der Waals surface area (Å²) in [6.07, 6.45) is 1.63. The van der Waals surface area contributed by atoms with Gasteiger partial charge in [0, 0.05) is 38.8 Å². The first-order chi connectivity index (χ1) is 15.5. The highest BCUT2D eigenvalue weighted by atomic mass is 19.1. The average Bonchev–Trinajstić information content (AvgIpc) is 3.20. The number of carbonyl (C=O) groups is 2. The molecule has 2 aliphatic rings. The van der Waals surface area contributed by atoms with Crippen molar-refractivity contribution < 1.29 is 14.0 Å². The number of hydrogen-bond donors (Lipinski definition) is 1. The van der Waals surface area contributed by atoms with Crippen LogP contribution in [0.5, 0.6) is 0 Å². The molecule has 2 aromatic rings. The van der Waals surface area contributed by atoms with Gasteiger partial charge in [0.2, 0.25) is 0 Å². The van der Waals surface area contributed by atoms with Gasteiger partial charge in [0.15, 0.2) is 0 Å². The minimum atomic E-state index is -0.249. The standard InChI is InChI=1S/C25H31FN4O2/c1-3-28-16-17-30(25(28)32)23-12-14-29(15-13-23)24(31)27-18(2)19-4-6-20(7-5-19)21-8-10-22(26)11-9-21/h4-11,18,23H,3,12-17H2,1-2H3,(H,27,31). The summed E-state index contributed by atoms with van der Waals surface area (Å²) in [6, 6.07) is 14.6. The van der Waals surface area contributed by atoms with E-state index in [4.69, 9.17) is 0 Å². The first-order valence-electron chi connectivity index (χ1n) is 11.4. The average molecular weight is 439 g/mol. The highest BCUT2D eigenvalue weighted by Crippen LogP contribution is 2.24. The van der Waals surface area contributed by atoms with Crippen LogP contribution in [-0.2, 0) is 0 Å². The predicted octanol–water partition coefficient (Wildman–Crippen LogP) is 4.49. The number of hydrogen-bond acceptors (Lipinski definition) is 2. The number of urea groups is 2. The van der Waals surface area contributed by atoms with E-state index in [1.54, 1.807) is 12.1 Å². The summed E-state index contributed by atoms with van der Waals surface area (Å²) in [5.74, 6) is -0.249. The Morgan fingerprint density at radius 3 is 2.16 bits per heavy atom. The van der Waals surface area contributed by atoms with Crippen molar-refractivity contribution in [2.45, 2.75) is 38.8 Å². The van der Waals surface area contributed by atoms with Crippen LogP contribution in [0.25, 0.3) is 11.1 Å². The molecule has 4 rings (SSSR count). The number of piperidine rings is 1. The van der Waals surface area contributed by atoms with Crippen molar-refractivity contribution in [3.05, 3.63) is 59.9 Å². The van der Waals surface area contributed by atoms with Crippen molar-refractivity contribution in [2.75, 3.05) is 32.7 Å². The molecule has 2 heterocycles. The third-order valence-electron chi connectivity index (χ3n) is 6.63. The number of likely N-dealkylation sites (tertiary alicyclic amines) is 1. The molecule has 2 aliphatic heterocycles. The number of carbonyl (C=O) groups excluding carboxylic acids is 2. The number of nitrogens with one attached hydrogen (secondary N) is 1. The Labute approximate surface area is 189 Å². The SMILES string of the molecule is CCN1CCN(C2CCN(C(=O)NC(C)c3ccc(-c4ccc(F)cc4)cc3)CC2)C1=O. The van der Waals surface area contributed by atoms with Crippen LogP contribution < -0.4 is 5.32 Å². The number of nitrogens with zero attached hydrogens (tertiary/aromatic N) is 3. The van der Waals surface area contributed by atoms with Crippen LogP contribution in [0.3, 0.4) is 0 Å². The lowest BCUT2D eigenvalue weighted by Gasteiger charge is -2.36. The van der Waals surface area contributed by atoms with Crippen LogP contribution in [0.4, 0.5) is 14.0 Å². The fraction of sp³-hybridized carbons (Fsp3) is 0.440. The Bertz CT molecular complexity index is 939. The van der Waals surface area contributed by atoms with E-state index in [2.05, 4.69) is 5.32 Å². The van der Waals surface area contributed by atoms with Crippen molar-refractivity contribution in [1.29, 1.82) is 0 Å². The van der Waals surface area contributed by atoms with E-state index in [1.807, 2.05) is 52.8 Å². The van der Waals surface area contributed by atoms with Crippen molar-refractivity contribution >= 4 is 12.1 Å². The zero-order chi connectivity index (χ0) is 22.7. The zero-order valence-corrected chi connectivity index (χ0v) is 18.8. The van der Waals surface area contributed by atoms with E-state index in [0.717, 1.165) is 49.2 Å². The van der Waals surface area contributed by atoms with Crippen LogP contribution >= 0.6 is 0 Å². The van der Waals surface area contributed by atoms with Crippen LogP contribution in [-0.4, -0.2) is 65.5 Å². The number of benzene rings is 2. The van der Waals surface area contributed by atoms with Crippen LogP contribution in [0.2, 0.25) is 0 Å². The molecule has 1 atom stereocenters. The molecule has 0 bridgehead atoms. The molecule has 0 spiro atoms. The lowest BCUT2D eigenvalue weighted by atomic mass is 10.0. The third-order valence-corrected chi connectivity index (χ3v) is 6.63. The highest BCUT2D eigenvalue weighted by molar-refractivity contribution is 5.77. The molecular formula is C25H31FN4O2. The van der Waals surface area contributed by atoms with Gasteiger partial charge in [-0.3, -0.25) is 0 Å². The molecule has 32 heavy (non-hydrogen) atoms. The van der Waals surface area contributed by atoms with Crippen molar-refractivity contribution in [3.63, 3.8) is 0 Å². The second-order valence-corrected chi connectivity index (χ2v) is 8.57. The summed E-state index contributed by atoms with van der Waals surface area (Å²) in [5, 5.41) is 3.09. The van der Waals surface area contributed by atoms with Gasteiger partial charge in [0.1, 0.15) is 5.82 Å². The molecule has 2 fully saturated rings. The third kappa shape index (κ3) is 4.71. The Morgan fingerprint density at radius 1 is 1.00 bits per heavy atom. The van der Waals surface area contributed by atoms with Gasteiger partial charge in [0.25, 0.3) is 0 Å². The quantitative estimate of drug-likeness (QED) is 0.748. The van der Waals surface area contributed by atoms with Gasteiger partial charge in [-0.2, -0.15) is 0 Å². The van der Waals surface area contributed by atoms with E-state index >= 15 is 0 Å². The van der Waals surface area contributed by atoms with Crippen LogP contribution in [0, 0.1) is 5.82 Å². The smallest absolute Gasteiger partial charge is 0.320 e. The van der Waals surface area contributed by atoms with E-state index < -0.39 is 0 Å². The molecule has 0 aliphatic carbocycles. The Hall–Kier alpha value is -3.09. The number of halogens is 1. The largest absolute Gasteiger partial charge is 0.331 e. The first-order valence-corrected chi connectivity index (χ1v) is 11.4. The van der Waals surface area contributed by atoms with E-state index in [1.165, 1.54) is 12.1 Å². The van der Waals surface area contributed by atoms with Gasteiger partial charge in [-0.25, -0.2) is 14.0 Å². The normalized spacial score (nSPS) is 18.2. The summed E-state index contributed by atoms with van der Waals surface area (Å²) in [4.78, 5) is 30.9. The van der Waals surface area contributed by atoms with E-state index in [0.29, 0.717) is 13.1 Å². The molecule has 170 valence electrons. The Balaban J connectivity index is 1.29. The lowest BCUT2D eigenvalue weighted by molar-refractivity contribution is 0.134. The van der Waals surface area contributed by atoms with Crippen molar-refractivity contribution in [1.82, 2.24) is 20.0 Å². The summed E-state index contributed by atoms with van der Waals surface area (Å²) in [5.41, 5.74) is 2.98. The topological polar surface area (TPSA) is 55.9 Å². The number of likely N-dealkylation sites (N-methyl/N-ethyl adjacent to an activating group) is 1. The molecule has 4 amide bonds. The molecular weight excluding hydrogens is 407 g/mol. The fourth-order valence-electron chi connectivity index (χ4n) is 4.58. The van der Waals surface area contributed by atoms with Gasteiger partial charge in [0.05, 0.1) is 6.04 Å². The predicted molar refractivity (Wildman–Crippen MR) is 123 cm³/mol. The van der Waals surface area contributed by atoms with Crippen LogP contribution in [0.1, 0.15) is 38.3 Å². The molecule has 0 radical (unpaired) electrons. The summed E-state index contributed by atoms with van der Waals surface area (Å²) < 4.78 is 13.1. The zero-order valence-electron chi connectivity index (χ0n) is 18.8. The van der Waals surface area contributed by atoms with Gasteiger partial charge in [-0.1, -0.05) is 36.4 Å². The molecule has 1 N–H and O–H groups in total. The summed E-state index contributed by atoms with van der Waals surface area (Å²) in [7, 11) is 0. The van der Waals surface area contributed by atoms with Gasteiger partial charge in [-0.05, 0) is 55.5 Å². The van der Waals surface area contributed by atoms with Crippen molar-refractivity contribution in [3.8, 4) is 11.1 Å². The second kappa shape index (κ2) is 9.59. The number of rotatable bonds is 5. The Kier molecular flexibility index (Phi) is 6.63. The number of amides is 4. The lowest BCUT2D eigenvalue weighted by Crippen LogP contribution is -2.50. The van der Waals surface area contributed by atoms with Crippen molar-refractivity contribution in [2.24, 2.45) is 0 Å².